The van der Waals surface area contributed by atoms with E-state index in [-0.39, 0.29) is 0 Å². The molecule has 104 valence electrons. The zero-order valence-corrected chi connectivity index (χ0v) is 12.1. The number of pyridine rings is 1. The largest absolute Gasteiger partial charge is 0.340 e. The minimum absolute atomic E-state index is 0.343. The van der Waals surface area contributed by atoms with Crippen LogP contribution in [0.4, 0.5) is 11.4 Å². The van der Waals surface area contributed by atoms with Crippen molar-refractivity contribution in [3.05, 3.63) is 53.9 Å². The number of nitrogens with zero attached hydrogens (tertiary/aromatic N) is 2. The van der Waals surface area contributed by atoms with Crippen molar-refractivity contribution in [2.45, 2.75) is 25.8 Å². The summed E-state index contributed by atoms with van der Waals surface area (Å²) in [7, 11) is 1.99. The summed E-state index contributed by atoms with van der Waals surface area (Å²) in [6, 6.07) is 13.3. The number of hydrogen-bond donors (Lipinski definition) is 1. The van der Waals surface area contributed by atoms with Gasteiger partial charge in [0.2, 0.25) is 0 Å². The normalized spacial score (nSPS) is 15.2. The molecule has 0 radical (unpaired) electrons. The number of hydrogen-bond acceptors (Lipinski definition) is 3. The van der Waals surface area contributed by atoms with Crippen LogP contribution in [-0.2, 0) is 6.42 Å². The number of para-hydroxylation sites is 1. The molecule has 0 saturated carbocycles. The number of aromatic nitrogens is 1. The van der Waals surface area contributed by atoms with Crippen LogP contribution >= 0.6 is 0 Å². The predicted molar refractivity (Wildman–Crippen MR) is 83.5 cm³/mol. The van der Waals surface area contributed by atoms with Crippen LogP contribution in [0.3, 0.4) is 0 Å². The molecule has 0 saturated heterocycles. The first kappa shape index (κ1) is 13.1. The molecule has 1 N–H and O–H groups in total. The highest BCUT2D eigenvalue weighted by atomic mass is 15.2. The molecule has 1 unspecified atom stereocenters. The second-order valence-corrected chi connectivity index (χ2v) is 5.22. The third kappa shape index (κ3) is 2.29. The fourth-order valence-corrected chi connectivity index (χ4v) is 2.93. The van der Waals surface area contributed by atoms with Crippen LogP contribution in [0, 0.1) is 0 Å². The van der Waals surface area contributed by atoms with Crippen LogP contribution in [0.15, 0.2) is 42.6 Å². The molecule has 1 atom stereocenters. The Morgan fingerprint density at radius 1 is 1.25 bits per heavy atom. The first-order valence-corrected chi connectivity index (χ1v) is 7.32. The summed E-state index contributed by atoms with van der Waals surface area (Å²) >= 11 is 0. The second kappa shape index (κ2) is 5.63. The minimum Gasteiger partial charge on any atom is -0.340 e. The Kier molecular flexibility index (Phi) is 3.70. The SMILES string of the molecule is CCC(NC)c1ccc(N2CCc3ccccc32)cn1. The summed E-state index contributed by atoms with van der Waals surface area (Å²) in [5.74, 6) is 0. The number of fused-ring (bicyclic) bond motifs is 1. The Balaban J connectivity index is 1.86. The van der Waals surface area contributed by atoms with Crippen molar-refractivity contribution in [1.82, 2.24) is 10.3 Å². The van der Waals surface area contributed by atoms with Crippen molar-refractivity contribution in [1.29, 1.82) is 0 Å². The Labute approximate surface area is 120 Å². The van der Waals surface area contributed by atoms with E-state index in [1.54, 1.807) is 0 Å². The molecule has 0 spiro atoms. The lowest BCUT2D eigenvalue weighted by Crippen LogP contribution is -2.17. The molecule has 0 aliphatic carbocycles. The summed E-state index contributed by atoms with van der Waals surface area (Å²) in [4.78, 5) is 6.99. The van der Waals surface area contributed by atoms with E-state index >= 15 is 0 Å². The average Bonchev–Trinajstić information content (AvgIpc) is 2.93. The molecule has 1 aromatic heterocycles. The molecule has 2 heterocycles. The molecule has 20 heavy (non-hydrogen) atoms. The van der Waals surface area contributed by atoms with E-state index in [2.05, 4.69) is 58.5 Å². The maximum absolute atomic E-state index is 4.63. The predicted octanol–water partition coefficient (Wildman–Crippen LogP) is 3.45. The van der Waals surface area contributed by atoms with Gasteiger partial charge in [-0.05, 0) is 43.7 Å². The standard InChI is InChI=1S/C17H21N3/c1-3-15(18-2)16-9-8-14(12-19-16)20-11-10-13-6-4-5-7-17(13)20/h4-9,12,15,18H,3,10-11H2,1-2H3. The van der Waals surface area contributed by atoms with Gasteiger partial charge in [-0.15, -0.1) is 0 Å². The molecule has 3 rings (SSSR count). The Morgan fingerprint density at radius 3 is 2.80 bits per heavy atom. The van der Waals surface area contributed by atoms with E-state index < -0.39 is 0 Å². The molecular weight excluding hydrogens is 246 g/mol. The molecule has 3 heteroatoms. The van der Waals surface area contributed by atoms with Crippen LogP contribution < -0.4 is 10.2 Å². The monoisotopic (exact) mass is 267 g/mol. The number of anilines is 2. The summed E-state index contributed by atoms with van der Waals surface area (Å²) in [6.07, 6.45) is 4.17. The maximum atomic E-state index is 4.63. The van der Waals surface area contributed by atoms with Gasteiger partial charge >= 0.3 is 0 Å². The van der Waals surface area contributed by atoms with Gasteiger partial charge in [-0.1, -0.05) is 25.1 Å². The summed E-state index contributed by atoms with van der Waals surface area (Å²) < 4.78 is 0. The summed E-state index contributed by atoms with van der Waals surface area (Å²) in [5.41, 5.74) is 5.05. The smallest absolute Gasteiger partial charge is 0.0597 e. The van der Waals surface area contributed by atoms with Gasteiger partial charge in [-0.2, -0.15) is 0 Å². The highest BCUT2D eigenvalue weighted by Gasteiger charge is 2.20. The van der Waals surface area contributed by atoms with E-state index in [1.807, 2.05) is 13.2 Å². The van der Waals surface area contributed by atoms with E-state index in [0.29, 0.717) is 6.04 Å². The van der Waals surface area contributed by atoms with Crippen LogP contribution in [0.2, 0.25) is 0 Å². The van der Waals surface area contributed by atoms with E-state index in [1.165, 1.54) is 16.9 Å². The second-order valence-electron chi connectivity index (χ2n) is 5.22. The van der Waals surface area contributed by atoms with Gasteiger partial charge in [0.25, 0.3) is 0 Å². The maximum Gasteiger partial charge on any atom is 0.0597 e. The first-order chi connectivity index (χ1) is 9.83. The van der Waals surface area contributed by atoms with Crippen molar-refractivity contribution in [2.24, 2.45) is 0 Å². The topological polar surface area (TPSA) is 28.2 Å². The van der Waals surface area contributed by atoms with E-state index in [0.717, 1.165) is 25.1 Å². The lowest BCUT2D eigenvalue weighted by molar-refractivity contribution is 0.561. The van der Waals surface area contributed by atoms with E-state index in [4.69, 9.17) is 0 Å². The van der Waals surface area contributed by atoms with Crippen LogP contribution in [0.25, 0.3) is 0 Å². The van der Waals surface area contributed by atoms with Gasteiger partial charge in [0.1, 0.15) is 0 Å². The molecule has 1 aromatic carbocycles. The van der Waals surface area contributed by atoms with Gasteiger partial charge in [-0.25, -0.2) is 0 Å². The molecule has 2 aromatic rings. The molecule has 1 aliphatic rings. The van der Waals surface area contributed by atoms with Crippen molar-refractivity contribution in [2.75, 3.05) is 18.5 Å². The van der Waals surface area contributed by atoms with Crippen LogP contribution in [0.5, 0.6) is 0 Å². The zero-order chi connectivity index (χ0) is 13.9. The van der Waals surface area contributed by atoms with Crippen LogP contribution in [0.1, 0.15) is 30.6 Å². The molecule has 0 amide bonds. The highest BCUT2D eigenvalue weighted by Crippen LogP contribution is 2.34. The highest BCUT2D eigenvalue weighted by molar-refractivity contribution is 5.69. The van der Waals surface area contributed by atoms with Gasteiger partial charge in [0.15, 0.2) is 0 Å². The quantitative estimate of drug-likeness (QED) is 0.919. The average molecular weight is 267 g/mol. The number of benzene rings is 1. The van der Waals surface area contributed by atoms with Gasteiger partial charge in [0, 0.05) is 18.3 Å². The summed E-state index contributed by atoms with van der Waals surface area (Å²) in [5, 5.41) is 3.30. The first-order valence-electron chi connectivity index (χ1n) is 7.32. The summed E-state index contributed by atoms with van der Waals surface area (Å²) in [6.45, 7) is 3.22. The molecule has 1 aliphatic heterocycles. The third-order valence-electron chi connectivity index (χ3n) is 4.08. The van der Waals surface area contributed by atoms with Crippen molar-refractivity contribution >= 4 is 11.4 Å². The Hall–Kier alpha value is -1.87. The van der Waals surface area contributed by atoms with E-state index in [9.17, 15) is 0 Å². The minimum atomic E-state index is 0.343. The van der Waals surface area contributed by atoms with Crippen molar-refractivity contribution < 1.29 is 0 Å². The number of nitrogens with one attached hydrogen (secondary N) is 1. The molecule has 0 bridgehead atoms. The van der Waals surface area contributed by atoms with Gasteiger partial charge in [0.05, 0.1) is 17.6 Å². The van der Waals surface area contributed by atoms with Gasteiger partial charge < -0.3 is 10.2 Å². The third-order valence-corrected chi connectivity index (χ3v) is 4.08. The molecule has 0 fully saturated rings. The molecular formula is C17H21N3. The lowest BCUT2D eigenvalue weighted by atomic mass is 10.1. The fraction of sp³-hybridized carbons (Fsp3) is 0.353. The number of rotatable bonds is 4. The lowest BCUT2D eigenvalue weighted by Gasteiger charge is -2.20. The molecule has 3 nitrogen and oxygen atoms in total. The van der Waals surface area contributed by atoms with Gasteiger partial charge in [-0.3, -0.25) is 4.98 Å². The fourth-order valence-electron chi connectivity index (χ4n) is 2.93. The van der Waals surface area contributed by atoms with Crippen molar-refractivity contribution in [3.63, 3.8) is 0 Å². The van der Waals surface area contributed by atoms with Crippen molar-refractivity contribution in [3.8, 4) is 0 Å². The Morgan fingerprint density at radius 2 is 2.10 bits per heavy atom. The zero-order valence-electron chi connectivity index (χ0n) is 12.1. The Bertz CT molecular complexity index is 573. The van der Waals surface area contributed by atoms with Crippen LogP contribution in [-0.4, -0.2) is 18.6 Å².